The van der Waals surface area contributed by atoms with Gasteiger partial charge in [-0.05, 0) is 36.4 Å². The highest BCUT2D eigenvalue weighted by Crippen LogP contribution is 2.28. The van der Waals surface area contributed by atoms with Gasteiger partial charge in [0.25, 0.3) is 21.6 Å². The van der Waals surface area contributed by atoms with Crippen LogP contribution in [0.25, 0.3) is 10.9 Å². The molecule has 0 aliphatic heterocycles. The van der Waals surface area contributed by atoms with Crippen LogP contribution in [-0.4, -0.2) is 68.0 Å². The molecule has 206 valence electrons. The molecule has 0 radical (unpaired) electrons. The molecule has 1 heterocycles. The van der Waals surface area contributed by atoms with E-state index in [4.69, 9.17) is 5.26 Å². The van der Waals surface area contributed by atoms with E-state index in [0.717, 1.165) is 20.5 Å². The van der Waals surface area contributed by atoms with Gasteiger partial charge in [-0.25, -0.2) is 20.8 Å². The molecular weight excluding hydrogens is 558 g/mol. The smallest absolute Gasteiger partial charge is 0.270 e. The lowest BCUT2D eigenvalue weighted by atomic mass is 10.1. The number of nitro groups is 1. The van der Waals surface area contributed by atoms with E-state index >= 15 is 0 Å². The number of hydrogen-bond acceptors (Lipinski definition) is 8. The van der Waals surface area contributed by atoms with Crippen LogP contribution in [0.4, 0.5) is 5.69 Å². The van der Waals surface area contributed by atoms with Crippen molar-refractivity contribution in [1.82, 2.24) is 13.2 Å². The Bertz CT molecular complexity index is 1880. The predicted octanol–water partition coefficient (Wildman–Crippen LogP) is 3.05. The maximum Gasteiger partial charge on any atom is 0.270 e. The van der Waals surface area contributed by atoms with E-state index in [2.05, 4.69) is 0 Å². The first kappa shape index (κ1) is 28.4. The number of nitro benzene ring substituents is 1. The van der Waals surface area contributed by atoms with Gasteiger partial charge in [-0.2, -0.15) is 9.57 Å². The molecule has 4 aromatic rings. The summed E-state index contributed by atoms with van der Waals surface area (Å²) in [5.41, 5.74) is 0.184. The van der Waals surface area contributed by atoms with Crippen LogP contribution in [-0.2, 0) is 20.0 Å². The molecule has 0 bridgehead atoms. The number of nitriles is 1. The van der Waals surface area contributed by atoms with Crippen molar-refractivity contribution in [3.05, 3.63) is 100 Å². The zero-order valence-corrected chi connectivity index (χ0v) is 23.0. The molecule has 1 amide bonds. The number of para-hydroxylation sites is 1. The first-order valence-corrected chi connectivity index (χ1v) is 14.6. The van der Waals surface area contributed by atoms with Gasteiger partial charge in [0.2, 0.25) is 10.0 Å². The van der Waals surface area contributed by atoms with Crippen LogP contribution < -0.4 is 0 Å². The minimum absolute atomic E-state index is 0.00240. The molecule has 0 saturated heterocycles. The van der Waals surface area contributed by atoms with E-state index in [0.29, 0.717) is 10.9 Å². The Kier molecular flexibility index (Phi) is 7.74. The number of carbonyl (C=O) groups is 1. The number of nitrogens with zero attached hydrogens (tertiary/aromatic N) is 5. The van der Waals surface area contributed by atoms with Crippen molar-refractivity contribution in [1.29, 1.82) is 5.26 Å². The number of benzene rings is 3. The Balaban J connectivity index is 1.60. The Morgan fingerprint density at radius 2 is 1.62 bits per heavy atom. The van der Waals surface area contributed by atoms with Crippen LogP contribution >= 0.6 is 0 Å². The second-order valence-corrected chi connectivity index (χ2v) is 12.7. The summed E-state index contributed by atoms with van der Waals surface area (Å²) in [4.78, 5) is 24.8. The monoisotopic (exact) mass is 581 g/mol. The number of rotatable bonds is 9. The molecule has 0 unspecified atom stereocenters. The first-order chi connectivity index (χ1) is 18.9. The zero-order valence-electron chi connectivity index (χ0n) is 21.3. The third-order valence-corrected chi connectivity index (χ3v) is 9.82. The van der Waals surface area contributed by atoms with Crippen molar-refractivity contribution in [3.8, 4) is 6.07 Å². The molecule has 0 N–H and O–H groups in total. The van der Waals surface area contributed by atoms with Gasteiger partial charge in [-0.1, -0.05) is 24.3 Å². The van der Waals surface area contributed by atoms with Crippen LogP contribution in [0, 0.1) is 21.4 Å². The molecule has 3 aromatic carbocycles. The van der Waals surface area contributed by atoms with E-state index < -0.39 is 36.6 Å². The summed E-state index contributed by atoms with van der Waals surface area (Å²) < 4.78 is 54.7. The second kappa shape index (κ2) is 10.9. The van der Waals surface area contributed by atoms with Gasteiger partial charge in [0, 0.05) is 50.9 Å². The molecule has 40 heavy (non-hydrogen) atoms. The lowest BCUT2D eigenvalue weighted by Gasteiger charge is -2.22. The lowest BCUT2D eigenvalue weighted by molar-refractivity contribution is -0.385. The number of carbonyl (C=O) groups excluding carboxylic acids is 1. The van der Waals surface area contributed by atoms with Gasteiger partial charge < -0.3 is 4.90 Å². The molecule has 12 nitrogen and oxygen atoms in total. The number of fused-ring (bicyclic) bond motifs is 1. The van der Waals surface area contributed by atoms with Gasteiger partial charge in [-0.3, -0.25) is 14.9 Å². The Hall–Kier alpha value is -4.58. The Labute approximate surface area is 230 Å². The topological polar surface area (TPSA) is 164 Å². The summed E-state index contributed by atoms with van der Waals surface area (Å²) in [6, 6.07) is 18.3. The van der Waals surface area contributed by atoms with E-state index in [1.54, 1.807) is 18.2 Å². The Morgan fingerprint density at radius 3 is 2.27 bits per heavy atom. The fourth-order valence-corrected chi connectivity index (χ4v) is 6.56. The van der Waals surface area contributed by atoms with E-state index in [1.165, 1.54) is 67.5 Å². The van der Waals surface area contributed by atoms with Gasteiger partial charge in [0.1, 0.15) is 0 Å². The molecule has 0 aliphatic rings. The summed E-state index contributed by atoms with van der Waals surface area (Å²) in [5, 5.41) is 20.4. The van der Waals surface area contributed by atoms with E-state index in [1.807, 2.05) is 6.07 Å². The van der Waals surface area contributed by atoms with E-state index in [-0.39, 0.29) is 34.0 Å². The van der Waals surface area contributed by atoms with Gasteiger partial charge >= 0.3 is 0 Å². The highest BCUT2D eigenvalue weighted by Gasteiger charge is 2.27. The van der Waals surface area contributed by atoms with Gasteiger partial charge in [-0.15, -0.1) is 0 Å². The molecule has 0 fully saturated rings. The van der Waals surface area contributed by atoms with Gasteiger partial charge in [0.05, 0.1) is 37.4 Å². The maximum atomic E-state index is 13.5. The van der Waals surface area contributed by atoms with Gasteiger partial charge in [0.15, 0.2) is 0 Å². The summed E-state index contributed by atoms with van der Waals surface area (Å²) in [6.45, 7) is -0.0722. The fourth-order valence-electron chi connectivity index (χ4n) is 3.99. The predicted molar refractivity (Wildman–Crippen MR) is 146 cm³/mol. The number of sulfonamides is 1. The molecule has 14 heteroatoms. The zero-order chi connectivity index (χ0) is 29.2. The van der Waals surface area contributed by atoms with Crippen molar-refractivity contribution in [2.75, 3.05) is 27.2 Å². The molecular formula is C26H23N5O7S2. The SMILES string of the molecule is CN(CCN(C)S(=O)(=O)c1ccc(C#N)cc1)C(=O)c1cn(S(=O)(=O)c2cccc([N+](=O)[O-])c2)c2ccccc12. The number of aromatic nitrogens is 1. The second-order valence-electron chi connectivity index (χ2n) is 8.80. The molecule has 0 aliphatic carbocycles. The van der Waals surface area contributed by atoms with Crippen molar-refractivity contribution in [2.45, 2.75) is 9.79 Å². The van der Waals surface area contributed by atoms with Crippen LogP contribution in [0.2, 0.25) is 0 Å². The van der Waals surface area contributed by atoms with Crippen LogP contribution in [0.1, 0.15) is 15.9 Å². The largest absolute Gasteiger partial charge is 0.340 e. The number of amides is 1. The summed E-state index contributed by atoms with van der Waals surface area (Å²) >= 11 is 0. The highest BCUT2D eigenvalue weighted by molar-refractivity contribution is 7.90. The lowest BCUT2D eigenvalue weighted by Crippen LogP contribution is -2.37. The fraction of sp³-hybridized carbons (Fsp3) is 0.154. The summed E-state index contributed by atoms with van der Waals surface area (Å²) in [6.07, 6.45) is 1.16. The quantitative estimate of drug-likeness (QED) is 0.215. The summed E-state index contributed by atoms with van der Waals surface area (Å²) in [5.74, 6) is -0.548. The minimum Gasteiger partial charge on any atom is -0.340 e. The number of likely N-dealkylation sites (N-methyl/N-ethyl adjacent to an activating group) is 2. The van der Waals surface area contributed by atoms with Crippen molar-refractivity contribution < 1.29 is 26.6 Å². The average molecular weight is 582 g/mol. The standard InChI is InChI=1S/C26H23N5O7S2/c1-28(14-15-29(2)39(35,36)21-12-10-19(17-27)11-13-21)26(32)24-18-30(25-9-4-3-8-23(24)25)40(37,38)22-7-5-6-20(16-22)31(33)34/h3-13,16,18H,14-15H2,1-2H3. The van der Waals surface area contributed by atoms with Crippen LogP contribution in [0.15, 0.2) is 88.8 Å². The summed E-state index contributed by atoms with van der Waals surface area (Å²) in [7, 11) is -5.36. The van der Waals surface area contributed by atoms with Crippen LogP contribution in [0.5, 0.6) is 0 Å². The van der Waals surface area contributed by atoms with Crippen molar-refractivity contribution in [3.63, 3.8) is 0 Å². The maximum absolute atomic E-state index is 13.5. The van der Waals surface area contributed by atoms with Crippen molar-refractivity contribution >= 4 is 42.5 Å². The number of hydrogen-bond donors (Lipinski definition) is 0. The molecule has 0 spiro atoms. The third-order valence-electron chi connectivity index (χ3n) is 6.28. The van der Waals surface area contributed by atoms with Crippen LogP contribution in [0.3, 0.4) is 0 Å². The Morgan fingerprint density at radius 1 is 0.950 bits per heavy atom. The first-order valence-electron chi connectivity index (χ1n) is 11.7. The molecule has 0 atom stereocenters. The molecule has 1 aromatic heterocycles. The minimum atomic E-state index is -4.31. The van der Waals surface area contributed by atoms with E-state index in [9.17, 15) is 31.7 Å². The molecule has 4 rings (SSSR count). The van der Waals surface area contributed by atoms with Crippen molar-refractivity contribution in [2.24, 2.45) is 0 Å². The third kappa shape index (κ3) is 5.30. The normalized spacial score (nSPS) is 11.8. The highest BCUT2D eigenvalue weighted by atomic mass is 32.2. The molecule has 0 saturated carbocycles. The average Bonchev–Trinajstić information content (AvgIpc) is 3.36. The number of non-ortho nitro benzene ring substituents is 1.